The third-order valence-electron chi connectivity index (χ3n) is 4.01. The zero-order valence-electron chi connectivity index (χ0n) is 14.8. The maximum absolute atomic E-state index is 13.9. The van der Waals surface area contributed by atoms with Crippen LogP contribution in [-0.4, -0.2) is 11.1 Å². The minimum Gasteiger partial charge on any atom is -0.488 e. The van der Waals surface area contributed by atoms with E-state index < -0.39 is 0 Å². The van der Waals surface area contributed by atoms with E-state index in [1.165, 1.54) is 6.07 Å². The molecule has 2 aromatic carbocycles. The van der Waals surface area contributed by atoms with Crippen molar-refractivity contribution >= 4 is 5.97 Å². The van der Waals surface area contributed by atoms with Crippen LogP contribution in [0.15, 0.2) is 30.3 Å². The molecular weight excluding hydrogens is 323 g/mol. The van der Waals surface area contributed by atoms with Gasteiger partial charge in [-0.25, -0.2) is 4.39 Å². The number of hydrogen-bond donors (Lipinski definition) is 1. The molecule has 4 nitrogen and oxygen atoms in total. The molecule has 5 heteroatoms. The molecule has 0 atom stereocenters. The van der Waals surface area contributed by atoms with E-state index in [9.17, 15) is 14.3 Å². The van der Waals surface area contributed by atoms with Crippen molar-refractivity contribution in [3.63, 3.8) is 0 Å². The van der Waals surface area contributed by atoms with Crippen molar-refractivity contribution in [1.82, 2.24) is 0 Å². The lowest BCUT2D eigenvalue weighted by atomic mass is 10.1. The molecule has 0 saturated heterocycles. The van der Waals surface area contributed by atoms with Crippen molar-refractivity contribution in [3.8, 4) is 11.5 Å². The minimum atomic E-state index is -0.369. The van der Waals surface area contributed by atoms with Gasteiger partial charge in [0, 0.05) is 18.1 Å². The second-order valence-corrected chi connectivity index (χ2v) is 5.73. The molecule has 25 heavy (non-hydrogen) atoms. The zero-order chi connectivity index (χ0) is 18.4. The first-order valence-electron chi connectivity index (χ1n) is 8.34. The van der Waals surface area contributed by atoms with Gasteiger partial charge in [-0.2, -0.15) is 0 Å². The molecule has 0 amide bonds. The van der Waals surface area contributed by atoms with E-state index in [1.54, 1.807) is 38.1 Å². The van der Waals surface area contributed by atoms with Crippen molar-refractivity contribution in [2.75, 3.05) is 0 Å². The molecule has 2 aromatic rings. The number of aliphatic hydroxyl groups excluding tert-OH is 1. The van der Waals surface area contributed by atoms with Gasteiger partial charge < -0.3 is 14.6 Å². The van der Waals surface area contributed by atoms with E-state index >= 15 is 0 Å². The van der Waals surface area contributed by atoms with E-state index in [2.05, 4.69) is 0 Å². The monoisotopic (exact) mass is 346 g/mol. The number of benzene rings is 2. The van der Waals surface area contributed by atoms with Crippen molar-refractivity contribution < 1.29 is 23.8 Å². The van der Waals surface area contributed by atoms with Gasteiger partial charge in [-0.3, -0.25) is 4.79 Å². The van der Waals surface area contributed by atoms with E-state index in [4.69, 9.17) is 9.47 Å². The van der Waals surface area contributed by atoms with Crippen LogP contribution in [0.25, 0.3) is 0 Å². The Kier molecular flexibility index (Phi) is 6.53. The highest BCUT2D eigenvalue weighted by Gasteiger charge is 2.14. The maximum Gasteiger partial charge on any atom is 0.310 e. The molecule has 0 aliphatic heterocycles. The SMILES string of the molecule is CCC(=O)Oc1cccc(CO)c1COc1cc(F)c(C)cc1CC. The van der Waals surface area contributed by atoms with Crippen LogP contribution in [0.3, 0.4) is 0 Å². The lowest BCUT2D eigenvalue weighted by Gasteiger charge is -2.16. The first-order chi connectivity index (χ1) is 12.0. The fourth-order valence-electron chi connectivity index (χ4n) is 2.50. The highest BCUT2D eigenvalue weighted by molar-refractivity contribution is 5.72. The molecule has 0 heterocycles. The predicted octanol–water partition coefficient (Wildman–Crippen LogP) is 4.08. The number of esters is 1. The normalized spacial score (nSPS) is 10.6. The van der Waals surface area contributed by atoms with E-state index in [0.717, 1.165) is 5.56 Å². The summed E-state index contributed by atoms with van der Waals surface area (Å²) in [4.78, 5) is 11.6. The molecule has 0 aliphatic rings. The lowest BCUT2D eigenvalue weighted by Crippen LogP contribution is -2.11. The Labute approximate surface area is 147 Å². The highest BCUT2D eigenvalue weighted by Crippen LogP contribution is 2.28. The Morgan fingerprint density at radius 1 is 1.16 bits per heavy atom. The van der Waals surface area contributed by atoms with Crippen molar-refractivity contribution in [2.24, 2.45) is 0 Å². The molecule has 0 aromatic heterocycles. The number of ether oxygens (including phenoxy) is 2. The fraction of sp³-hybridized carbons (Fsp3) is 0.350. The Balaban J connectivity index is 2.31. The molecule has 1 N–H and O–H groups in total. The molecule has 0 radical (unpaired) electrons. The van der Waals surface area contributed by atoms with Crippen LogP contribution in [0.4, 0.5) is 4.39 Å². The Morgan fingerprint density at radius 3 is 2.56 bits per heavy atom. The summed E-state index contributed by atoms with van der Waals surface area (Å²) in [7, 11) is 0. The van der Waals surface area contributed by atoms with Crippen molar-refractivity contribution in [3.05, 3.63) is 58.4 Å². The Hall–Kier alpha value is -2.40. The topological polar surface area (TPSA) is 55.8 Å². The summed E-state index contributed by atoms with van der Waals surface area (Å²) in [6, 6.07) is 8.23. The van der Waals surface area contributed by atoms with Crippen molar-refractivity contribution in [2.45, 2.75) is 46.8 Å². The van der Waals surface area contributed by atoms with Crippen LogP contribution in [-0.2, 0) is 24.4 Å². The number of halogens is 1. The zero-order valence-corrected chi connectivity index (χ0v) is 14.8. The minimum absolute atomic E-state index is 0.0680. The summed E-state index contributed by atoms with van der Waals surface area (Å²) in [5, 5.41) is 9.56. The maximum atomic E-state index is 13.9. The summed E-state index contributed by atoms with van der Waals surface area (Å²) < 4.78 is 25.0. The number of rotatable bonds is 7. The number of hydrogen-bond acceptors (Lipinski definition) is 4. The predicted molar refractivity (Wildman–Crippen MR) is 93.1 cm³/mol. The number of aryl methyl sites for hydroxylation is 2. The van der Waals surface area contributed by atoms with Gasteiger partial charge >= 0.3 is 5.97 Å². The van der Waals surface area contributed by atoms with Gasteiger partial charge in [-0.15, -0.1) is 0 Å². The smallest absolute Gasteiger partial charge is 0.310 e. The molecular formula is C20H23FO4. The second kappa shape index (κ2) is 8.62. The average Bonchev–Trinajstić information content (AvgIpc) is 2.62. The second-order valence-electron chi connectivity index (χ2n) is 5.73. The largest absolute Gasteiger partial charge is 0.488 e. The molecule has 0 unspecified atom stereocenters. The molecule has 0 aliphatic carbocycles. The van der Waals surface area contributed by atoms with Crippen LogP contribution in [0.5, 0.6) is 11.5 Å². The van der Waals surface area contributed by atoms with E-state index in [1.807, 2.05) is 6.92 Å². The van der Waals surface area contributed by atoms with Gasteiger partial charge in [0.2, 0.25) is 0 Å². The van der Waals surface area contributed by atoms with Crippen LogP contribution in [0.2, 0.25) is 0 Å². The molecule has 0 fully saturated rings. The van der Waals surface area contributed by atoms with Gasteiger partial charge in [0.05, 0.1) is 6.61 Å². The Morgan fingerprint density at radius 2 is 1.92 bits per heavy atom. The van der Waals surface area contributed by atoms with E-state index in [-0.39, 0.29) is 31.4 Å². The van der Waals surface area contributed by atoms with Crippen LogP contribution in [0.1, 0.15) is 42.5 Å². The van der Waals surface area contributed by atoms with Gasteiger partial charge in [-0.05, 0) is 42.2 Å². The van der Waals surface area contributed by atoms with Gasteiger partial charge in [-0.1, -0.05) is 26.0 Å². The summed E-state index contributed by atoms with van der Waals surface area (Å²) in [5.41, 5.74) is 2.65. The van der Waals surface area contributed by atoms with Crippen LogP contribution >= 0.6 is 0 Å². The lowest BCUT2D eigenvalue weighted by molar-refractivity contribution is -0.134. The standard InChI is InChI=1S/C20H23FO4/c1-4-14-9-13(3)17(21)10-19(14)24-12-16-15(11-22)7-6-8-18(16)25-20(23)5-2/h6-10,22H,4-5,11-12H2,1-3H3. The summed E-state index contributed by atoms with van der Waals surface area (Å²) in [6.07, 6.45) is 0.947. The molecule has 2 rings (SSSR count). The van der Waals surface area contributed by atoms with E-state index in [0.29, 0.717) is 34.6 Å². The quantitative estimate of drug-likeness (QED) is 0.606. The fourth-order valence-corrected chi connectivity index (χ4v) is 2.50. The number of carbonyl (C=O) groups is 1. The van der Waals surface area contributed by atoms with Gasteiger partial charge in [0.15, 0.2) is 0 Å². The average molecular weight is 346 g/mol. The molecule has 0 bridgehead atoms. The third-order valence-corrected chi connectivity index (χ3v) is 4.01. The summed E-state index contributed by atoms with van der Waals surface area (Å²) in [5.74, 6) is 0.0994. The first-order valence-corrected chi connectivity index (χ1v) is 8.34. The highest BCUT2D eigenvalue weighted by atomic mass is 19.1. The van der Waals surface area contributed by atoms with Crippen molar-refractivity contribution in [1.29, 1.82) is 0 Å². The summed E-state index contributed by atoms with van der Waals surface area (Å²) >= 11 is 0. The number of aliphatic hydroxyl groups is 1. The molecule has 0 spiro atoms. The van der Waals surface area contributed by atoms with Crippen LogP contribution in [0, 0.1) is 12.7 Å². The Bertz CT molecular complexity index is 756. The summed E-state index contributed by atoms with van der Waals surface area (Å²) in [6.45, 7) is 5.24. The van der Waals surface area contributed by atoms with Crippen LogP contribution < -0.4 is 9.47 Å². The third kappa shape index (κ3) is 4.57. The first kappa shape index (κ1) is 18.9. The molecule has 134 valence electrons. The molecule has 0 saturated carbocycles. The van der Waals surface area contributed by atoms with Gasteiger partial charge in [0.1, 0.15) is 23.9 Å². The van der Waals surface area contributed by atoms with Gasteiger partial charge in [0.25, 0.3) is 0 Å². The number of carbonyl (C=O) groups excluding carboxylic acids is 1.